The van der Waals surface area contributed by atoms with Crippen LogP contribution in [0.5, 0.6) is 0 Å². The van der Waals surface area contributed by atoms with Crippen molar-refractivity contribution in [3.63, 3.8) is 0 Å². The summed E-state index contributed by atoms with van der Waals surface area (Å²) >= 11 is 0. The van der Waals surface area contributed by atoms with E-state index in [0.29, 0.717) is 0 Å². The summed E-state index contributed by atoms with van der Waals surface area (Å²) in [6.45, 7) is 5.92. The lowest BCUT2D eigenvalue weighted by Crippen LogP contribution is -2.15. The van der Waals surface area contributed by atoms with Crippen molar-refractivity contribution in [3.8, 4) is 0 Å². The third-order valence-electron chi connectivity index (χ3n) is 3.51. The molecule has 0 spiro atoms. The molecule has 2 N–H and O–H groups in total. The predicted octanol–water partition coefficient (Wildman–Crippen LogP) is 2.44. The van der Waals surface area contributed by atoms with Gasteiger partial charge in [-0.1, -0.05) is 18.2 Å². The fourth-order valence-corrected chi connectivity index (χ4v) is 2.63. The second-order valence-corrected chi connectivity index (χ2v) is 4.71. The second-order valence-electron chi connectivity index (χ2n) is 4.71. The number of anilines is 2. The molecule has 3 rings (SSSR count). The monoisotopic (exact) mass is 257 g/mol. The predicted molar refractivity (Wildman–Crippen MR) is 76.4 cm³/mol. The fraction of sp³-hybridized carbons (Fsp3) is 0.429. The Morgan fingerprint density at radius 3 is 2.89 bits per heavy atom. The van der Waals surface area contributed by atoms with Crippen molar-refractivity contribution in [2.75, 3.05) is 17.2 Å². The maximum Gasteiger partial charge on any atom is 0.224 e. The Kier molecular flexibility index (Phi) is 3.11. The van der Waals surface area contributed by atoms with Crippen LogP contribution in [0.15, 0.2) is 24.3 Å². The van der Waals surface area contributed by atoms with E-state index in [1.165, 1.54) is 11.3 Å². The van der Waals surface area contributed by atoms with Crippen LogP contribution >= 0.6 is 0 Å². The van der Waals surface area contributed by atoms with Gasteiger partial charge in [0.2, 0.25) is 5.95 Å². The highest BCUT2D eigenvalue weighted by molar-refractivity contribution is 5.57. The van der Waals surface area contributed by atoms with Gasteiger partial charge in [-0.25, -0.2) is 0 Å². The molecular formula is C14H19N5. The Labute approximate surface area is 113 Å². The van der Waals surface area contributed by atoms with E-state index < -0.39 is 0 Å². The molecule has 1 aliphatic heterocycles. The molecule has 5 heteroatoms. The molecule has 1 unspecified atom stereocenters. The lowest BCUT2D eigenvalue weighted by molar-refractivity contribution is 0.645. The van der Waals surface area contributed by atoms with Gasteiger partial charge >= 0.3 is 0 Å². The van der Waals surface area contributed by atoms with Crippen molar-refractivity contribution in [1.29, 1.82) is 0 Å². The SMILES string of the molecule is CCNc1nnc(C2Cc3ccccc3N2)n1CC. The Bertz CT molecular complexity index is 550. The van der Waals surface area contributed by atoms with Gasteiger partial charge in [0, 0.05) is 25.2 Å². The zero-order valence-corrected chi connectivity index (χ0v) is 11.3. The van der Waals surface area contributed by atoms with Crippen LogP contribution in [0.4, 0.5) is 11.6 Å². The topological polar surface area (TPSA) is 54.8 Å². The molecule has 5 nitrogen and oxygen atoms in total. The van der Waals surface area contributed by atoms with Crippen LogP contribution in [0, 0.1) is 0 Å². The maximum absolute atomic E-state index is 4.36. The van der Waals surface area contributed by atoms with Crippen LogP contribution in [0.1, 0.15) is 31.3 Å². The van der Waals surface area contributed by atoms with Crippen molar-refractivity contribution in [3.05, 3.63) is 35.7 Å². The van der Waals surface area contributed by atoms with E-state index >= 15 is 0 Å². The summed E-state index contributed by atoms with van der Waals surface area (Å²) in [5, 5.41) is 15.4. The average Bonchev–Trinajstić information content (AvgIpc) is 3.01. The van der Waals surface area contributed by atoms with Crippen LogP contribution < -0.4 is 10.6 Å². The number of nitrogens with zero attached hydrogens (tertiary/aromatic N) is 3. The highest BCUT2D eigenvalue weighted by Crippen LogP contribution is 2.33. The van der Waals surface area contributed by atoms with Gasteiger partial charge in [0.1, 0.15) is 0 Å². The van der Waals surface area contributed by atoms with Gasteiger partial charge in [-0.3, -0.25) is 4.57 Å². The van der Waals surface area contributed by atoms with Gasteiger partial charge in [-0.2, -0.15) is 0 Å². The minimum atomic E-state index is 0.220. The number of hydrogen-bond donors (Lipinski definition) is 2. The summed E-state index contributed by atoms with van der Waals surface area (Å²) in [6.07, 6.45) is 0.973. The summed E-state index contributed by atoms with van der Waals surface area (Å²) in [5.74, 6) is 1.87. The minimum Gasteiger partial charge on any atom is -0.375 e. The number of rotatable bonds is 4. The van der Waals surface area contributed by atoms with Crippen LogP contribution in [0.2, 0.25) is 0 Å². The molecule has 1 aliphatic rings. The highest BCUT2D eigenvalue weighted by atomic mass is 15.4. The first-order chi connectivity index (χ1) is 9.33. The van der Waals surface area contributed by atoms with Crippen LogP contribution in [0.3, 0.4) is 0 Å². The molecule has 0 saturated carbocycles. The summed E-state index contributed by atoms with van der Waals surface area (Å²) in [7, 11) is 0. The molecule has 2 heterocycles. The van der Waals surface area contributed by atoms with E-state index in [1.807, 2.05) is 0 Å². The van der Waals surface area contributed by atoms with Gasteiger partial charge < -0.3 is 10.6 Å². The van der Waals surface area contributed by atoms with Crippen LogP contribution in [0.25, 0.3) is 0 Å². The number of benzene rings is 1. The van der Waals surface area contributed by atoms with E-state index in [9.17, 15) is 0 Å². The first-order valence-electron chi connectivity index (χ1n) is 6.84. The standard InChI is InChI=1S/C14H19N5/c1-3-15-14-18-17-13(19(14)4-2)12-9-10-7-5-6-8-11(10)16-12/h5-8,12,16H,3-4,9H2,1-2H3,(H,15,18). The van der Waals surface area contributed by atoms with Crippen molar-refractivity contribution in [2.24, 2.45) is 0 Å². The van der Waals surface area contributed by atoms with Crippen molar-refractivity contribution < 1.29 is 0 Å². The Hall–Kier alpha value is -2.04. The fourth-order valence-electron chi connectivity index (χ4n) is 2.63. The van der Waals surface area contributed by atoms with E-state index in [0.717, 1.165) is 31.3 Å². The molecular weight excluding hydrogens is 238 g/mol. The molecule has 100 valence electrons. The Balaban J connectivity index is 1.89. The van der Waals surface area contributed by atoms with Crippen LogP contribution in [-0.2, 0) is 13.0 Å². The van der Waals surface area contributed by atoms with E-state index in [-0.39, 0.29) is 6.04 Å². The minimum absolute atomic E-state index is 0.220. The summed E-state index contributed by atoms with van der Waals surface area (Å²) < 4.78 is 2.15. The molecule has 0 aliphatic carbocycles. The number of aromatic nitrogens is 3. The van der Waals surface area contributed by atoms with Crippen LogP contribution in [-0.4, -0.2) is 21.3 Å². The quantitative estimate of drug-likeness (QED) is 0.883. The molecule has 0 amide bonds. The van der Waals surface area contributed by atoms with Gasteiger partial charge in [0.05, 0.1) is 6.04 Å². The first kappa shape index (κ1) is 12.0. The van der Waals surface area contributed by atoms with Gasteiger partial charge in [0.15, 0.2) is 5.82 Å². The maximum atomic E-state index is 4.36. The molecule has 1 atom stereocenters. The number of para-hydroxylation sites is 1. The lowest BCUT2D eigenvalue weighted by Gasteiger charge is -2.13. The van der Waals surface area contributed by atoms with Crippen molar-refractivity contribution in [1.82, 2.24) is 14.8 Å². The molecule has 1 aromatic heterocycles. The van der Waals surface area contributed by atoms with Gasteiger partial charge in [-0.05, 0) is 25.5 Å². The zero-order chi connectivity index (χ0) is 13.2. The smallest absolute Gasteiger partial charge is 0.224 e. The van der Waals surface area contributed by atoms with Gasteiger partial charge in [-0.15, -0.1) is 10.2 Å². The van der Waals surface area contributed by atoms with Gasteiger partial charge in [0.25, 0.3) is 0 Å². The normalized spacial score (nSPS) is 17.1. The molecule has 0 radical (unpaired) electrons. The van der Waals surface area contributed by atoms with Crippen molar-refractivity contribution >= 4 is 11.6 Å². The summed E-state index contributed by atoms with van der Waals surface area (Å²) in [5.41, 5.74) is 2.56. The molecule has 1 aromatic carbocycles. The lowest BCUT2D eigenvalue weighted by atomic mass is 10.1. The molecule has 0 bridgehead atoms. The third-order valence-corrected chi connectivity index (χ3v) is 3.51. The second kappa shape index (κ2) is 4.91. The van der Waals surface area contributed by atoms with E-state index in [2.05, 4.69) is 63.5 Å². The number of nitrogens with one attached hydrogen (secondary N) is 2. The van der Waals surface area contributed by atoms with E-state index in [4.69, 9.17) is 0 Å². The summed E-state index contributed by atoms with van der Waals surface area (Å²) in [6, 6.07) is 8.64. The third kappa shape index (κ3) is 2.05. The molecule has 0 saturated heterocycles. The molecule has 0 fully saturated rings. The Morgan fingerprint density at radius 1 is 1.32 bits per heavy atom. The van der Waals surface area contributed by atoms with Crippen molar-refractivity contribution in [2.45, 2.75) is 32.9 Å². The molecule has 2 aromatic rings. The van der Waals surface area contributed by atoms with E-state index in [1.54, 1.807) is 0 Å². The molecule has 19 heavy (non-hydrogen) atoms. The average molecular weight is 257 g/mol. The number of fused-ring (bicyclic) bond motifs is 1. The zero-order valence-electron chi connectivity index (χ0n) is 11.3. The first-order valence-corrected chi connectivity index (χ1v) is 6.84. The number of hydrogen-bond acceptors (Lipinski definition) is 4. The highest BCUT2D eigenvalue weighted by Gasteiger charge is 2.26. The Morgan fingerprint density at radius 2 is 2.16 bits per heavy atom. The largest absolute Gasteiger partial charge is 0.375 e. The summed E-state index contributed by atoms with van der Waals surface area (Å²) in [4.78, 5) is 0.